The second kappa shape index (κ2) is 6.93. The van der Waals surface area contributed by atoms with Gasteiger partial charge in [0.05, 0.1) is 11.8 Å². The molecule has 0 radical (unpaired) electrons. The quantitative estimate of drug-likeness (QED) is 0.915. The Hall–Kier alpha value is -1.56. The number of nitrogens with zero attached hydrogens (tertiary/aromatic N) is 3. The highest BCUT2D eigenvalue weighted by Gasteiger charge is 2.26. The van der Waals surface area contributed by atoms with Gasteiger partial charge in [-0.15, -0.1) is 0 Å². The van der Waals surface area contributed by atoms with Gasteiger partial charge in [-0.05, 0) is 25.2 Å². The third kappa shape index (κ3) is 3.97. The summed E-state index contributed by atoms with van der Waals surface area (Å²) >= 11 is 6.08. The Morgan fingerprint density at radius 3 is 2.90 bits per heavy atom. The van der Waals surface area contributed by atoms with Gasteiger partial charge < -0.3 is 10.2 Å². The second-order valence-corrected chi connectivity index (χ2v) is 5.86. The molecular formula is C14H21ClN4O2. The van der Waals surface area contributed by atoms with Crippen LogP contribution in [0.25, 0.3) is 0 Å². The fourth-order valence-electron chi connectivity index (χ4n) is 2.67. The first-order chi connectivity index (χ1) is 9.99. The number of aromatic nitrogens is 2. The van der Waals surface area contributed by atoms with Crippen LogP contribution < -0.4 is 5.32 Å². The molecule has 2 rings (SSSR count). The van der Waals surface area contributed by atoms with Crippen LogP contribution in [0.5, 0.6) is 0 Å². The van der Waals surface area contributed by atoms with Crippen LogP contribution in [0.2, 0.25) is 5.15 Å². The van der Waals surface area contributed by atoms with Crippen molar-refractivity contribution in [3.63, 3.8) is 0 Å². The van der Waals surface area contributed by atoms with Crippen molar-refractivity contribution in [1.82, 2.24) is 20.0 Å². The van der Waals surface area contributed by atoms with Crippen LogP contribution in [-0.2, 0) is 11.8 Å². The number of halogens is 1. The van der Waals surface area contributed by atoms with Crippen LogP contribution in [-0.4, -0.2) is 46.1 Å². The Morgan fingerprint density at radius 2 is 2.29 bits per heavy atom. The number of carbonyl (C=O) groups excluding carboxylic acids is 2. The van der Waals surface area contributed by atoms with Gasteiger partial charge in [0.1, 0.15) is 5.15 Å². The number of amides is 2. The summed E-state index contributed by atoms with van der Waals surface area (Å²) in [7, 11) is 1.71. The van der Waals surface area contributed by atoms with Gasteiger partial charge in [0.2, 0.25) is 5.91 Å². The van der Waals surface area contributed by atoms with Gasteiger partial charge in [-0.2, -0.15) is 5.10 Å². The van der Waals surface area contributed by atoms with Crippen molar-refractivity contribution < 1.29 is 9.59 Å². The summed E-state index contributed by atoms with van der Waals surface area (Å²) in [5, 5.41) is 7.19. The molecule has 7 heteroatoms. The van der Waals surface area contributed by atoms with E-state index in [9.17, 15) is 9.59 Å². The third-order valence-electron chi connectivity index (χ3n) is 3.83. The molecule has 0 bridgehead atoms. The Kier molecular flexibility index (Phi) is 5.22. The smallest absolute Gasteiger partial charge is 0.258 e. The van der Waals surface area contributed by atoms with E-state index >= 15 is 0 Å². The predicted molar refractivity (Wildman–Crippen MR) is 80.1 cm³/mol. The Balaban J connectivity index is 1.92. The molecule has 116 valence electrons. The van der Waals surface area contributed by atoms with E-state index < -0.39 is 0 Å². The van der Waals surface area contributed by atoms with E-state index in [0.717, 1.165) is 25.8 Å². The summed E-state index contributed by atoms with van der Waals surface area (Å²) in [4.78, 5) is 25.2. The number of nitrogens with one attached hydrogen (secondary N) is 1. The average Bonchev–Trinajstić information content (AvgIpc) is 2.78. The zero-order valence-electron chi connectivity index (χ0n) is 12.4. The van der Waals surface area contributed by atoms with Crippen molar-refractivity contribution in [3.8, 4) is 0 Å². The number of likely N-dealkylation sites (tertiary alicyclic amines) is 1. The van der Waals surface area contributed by atoms with Crippen LogP contribution in [0, 0.1) is 5.92 Å². The highest BCUT2D eigenvalue weighted by Crippen LogP contribution is 2.23. The number of hydrogen-bond donors (Lipinski definition) is 1. The molecule has 21 heavy (non-hydrogen) atoms. The van der Waals surface area contributed by atoms with Crippen molar-refractivity contribution in [2.45, 2.75) is 26.2 Å². The summed E-state index contributed by atoms with van der Waals surface area (Å²) in [5.74, 6) is 0.350. The van der Waals surface area contributed by atoms with Gasteiger partial charge in [0, 0.05) is 33.6 Å². The number of carbonyl (C=O) groups is 2. The molecule has 1 N–H and O–H groups in total. The summed E-state index contributed by atoms with van der Waals surface area (Å²) in [6.07, 6.45) is 4.48. The molecule has 2 heterocycles. The maximum Gasteiger partial charge on any atom is 0.258 e. The molecule has 1 unspecified atom stereocenters. The lowest BCUT2D eigenvalue weighted by atomic mass is 9.94. The van der Waals surface area contributed by atoms with Gasteiger partial charge in [-0.1, -0.05) is 11.6 Å². The Labute approximate surface area is 129 Å². The zero-order chi connectivity index (χ0) is 15.4. The van der Waals surface area contributed by atoms with Crippen LogP contribution in [0.4, 0.5) is 0 Å². The lowest BCUT2D eigenvalue weighted by Crippen LogP contribution is -2.40. The molecule has 1 saturated heterocycles. The summed E-state index contributed by atoms with van der Waals surface area (Å²) in [6.45, 7) is 3.64. The molecule has 0 aromatic carbocycles. The van der Waals surface area contributed by atoms with E-state index in [4.69, 9.17) is 11.6 Å². The Morgan fingerprint density at radius 1 is 1.52 bits per heavy atom. The van der Waals surface area contributed by atoms with Crippen molar-refractivity contribution in [3.05, 3.63) is 16.9 Å². The van der Waals surface area contributed by atoms with Crippen LogP contribution in [0.3, 0.4) is 0 Å². The van der Waals surface area contributed by atoms with Gasteiger partial charge in [-0.3, -0.25) is 14.3 Å². The molecule has 2 amide bonds. The lowest BCUT2D eigenvalue weighted by Gasteiger charge is -2.32. The van der Waals surface area contributed by atoms with Gasteiger partial charge in [-0.25, -0.2) is 0 Å². The SMILES string of the molecule is CC(=O)NCCC1CCCN(C(=O)c2cnn(C)c2Cl)C1. The molecule has 1 aliphatic rings. The summed E-state index contributed by atoms with van der Waals surface area (Å²) in [5.41, 5.74) is 0.460. The van der Waals surface area contributed by atoms with Crippen LogP contribution in [0.1, 0.15) is 36.5 Å². The van der Waals surface area contributed by atoms with Gasteiger partial charge >= 0.3 is 0 Å². The van der Waals surface area contributed by atoms with Gasteiger partial charge in [0.25, 0.3) is 5.91 Å². The second-order valence-electron chi connectivity index (χ2n) is 5.50. The number of rotatable bonds is 4. The van der Waals surface area contributed by atoms with E-state index in [1.54, 1.807) is 7.05 Å². The standard InChI is InChI=1S/C14H21ClN4O2/c1-10(20)16-6-5-11-4-3-7-19(9-11)14(21)12-8-17-18(2)13(12)15/h8,11H,3-7,9H2,1-2H3,(H,16,20). The minimum absolute atomic E-state index is 0.0131. The van der Waals surface area contributed by atoms with Crippen molar-refractivity contribution in [2.75, 3.05) is 19.6 Å². The normalized spacial score (nSPS) is 18.6. The predicted octanol–water partition coefficient (Wildman–Crippen LogP) is 1.45. The highest BCUT2D eigenvalue weighted by atomic mass is 35.5. The first-order valence-corrected chi connectivity index (χ1v) is 7.58. The third-order valence-corrected chi connectivity index (χ3v) is 4.28. The molecule has 0 saturated carbocycles. The van der Waals surface area contributed by atoms with E-state index in [2.05, 4.69) is 10.4 Å². The minimum Gasteiger partial charge on any atom is -0.356 e. The van der Waals surface area contributed by atoms with Crippen LogP contribution >= 0.6 is 11.6 Å². The fourth-order valence-corrected chi connectivity index (χ4v) is 2.85. The monoisotopic (exact) mass is 312 g/mol. The van der Waals surface area contributed by atoms with E-state index in [1.807, 2.05) is 4.90 Å². The zero-order valence-corrected chi connectivity index (χ0v) is 13.2. The van der Waals surface area contributed by atoms with Crippen molar-refractivity contribution in [2.24, 2.45) is 13.0 Å². The molecule has 1 fully saturated rings. The van der Waals surface area contributed by atoms with Crippen molar-refractivity contribution in [1.29, 1.82) is 0 Å². The molecule has 6 nitrogen and oxygen atoms in total. The summed E-state index contributed by atoms with van der Waals surface area (Å²) < 4.78 is 1.49. The average molecular weight is 313 g/mol. The highest BCUT2D eigenvalue weighted by molar-refractivity contribution is 6.32. The lowest BCUT2D eigenvalue weighted by molar-refractivity contribution is -0.119. The van der Waals surface area contributed by atoms with E-state index in [0.29, 0.717) is 29.7 Å². The number of hydrogen-bond acceptors (Lipinski definition) is 3. The largest absolute Gasteiger partial charge is 0.356 e. The van der Waals surface area contributed by atoms with E-state index in [-0.39, 0.29) is 11.8 Å². The van der Waals surface area contributed by atoms with Crippen LogP contribution in [0.15, 0.2) is 6.20 Å². The molecule has 1 aromatic rings. The summed E-state index contributed by atoms with van der Waals surface area (Å²) in [6, 6.07) is 0. The molecular weight excluding hydrogens is 292 g/mol. The first kappa shape index (κ1) is 15.8. The Bertz CT molecular complexity index is 529. The van der Waals surface area contributed by atoms with E-state index in [1.165, 1.54) is 17.8 Å². The maximum atomic E-state index is 12.5. The van der Waals surface area contributed by atoms with Gasteiger partial charge in [0.15, 0.2) is 0 Å². The van der Waals surface area contributed by atoms with Crippen molar-refractivity contribution >= 4 is 23.4 Å². The maximum absolute atomic E-state index is 12.5. The molecule has 0 aliphatic carbocycles. The number of aryl methyl sites for hydroxylation is 1. The molecule has 1 aromatic heterocycles. The molecule has 0 spiro atoms. The topological polar surface area (TPSA) is 67.2 Å². The fraction of sp³-hybridized carbons (Fsp3) is 0.643. The number of piperidine rings is 1. The molecule has 1 atom stereocenters. The molecule has 1 aliphatic heterocycles. The minimum atomic E-state index is -0.0580. The first-order valence-electron chi connectivity index (χ1n) is 7.20.